The Kier molecular flexibility index (Phi) is 4.82. The Labute approximate surface area is 164 Å². The summed E-state index contributed by atoms with van der Waals surface area (Å²) in [4.78, 5) is 31.0. The Morgan fingerprint density at radius 1 is 1.07 bits per heavy atom. The van der Waals surface area contributed by atoms with E-state index in [1.54, 1.807) is 12.5 Å². The lowest BCUT2D eigenvalue weighted by molar-refractivity contribution is -0.141. The number of rotatable bonds is 5. The lowest BCUT2D eigenvalue weighted by Crippen LogP contribution is -2.33. The molecule has 1 aromatic heterocycles. The Morgan fingerprint density at radius 2 is 1.79 bits per heavy atom. The van der Waals surface area contributed by atoms with Crippen molar-refractivity contribution >= 4 is 11.8 Å². The summed E-state index contributed by atoms with van der Waals surface area (Å²) in [5.41, 5.74) is 4.22. The van der Waals surface area contributed by atoms with Crippen molar-refractivity contribution in [3.63, 3.8) is 0 Å². The Balaban J connectivity index is 1.49. The first-order valence-electron chi connectivity index (χ1n) is 9.52. The van der Waals surface area contributed by atoms with Gasteiger partial charge in [0.1, 0.15) is 0 Å². The van der Waals surface area contributed by atoms with Crippen LogP contribution in [0.5, 0.6) is 0 Å². The minimum Gasteiger partial charge on any atom is -0.306 e. The number of carbonyl (C=O) groups excluding carboxylic acids is 2. The van der Waals surface area contributed by atoms with Crippen molar-refractivity contribution in [2.75, 3.05) is 0 Å². The lowest BCUT2D eigenvalue weighted by atomic mass is 9.97. The molecule has 5 nitrogen and oxygen atoms in total. The molecule has 2 heterocycles. The Bertz CT molecular complexity index is 976. The van der Waals surface area contributed by atoms with Gasteiger partial charge in [-0.3, -0.25) is 14.5 Å². The average Bonchev–Trinajstić information content (AvgIpc) is 3.32. The number of likely N-dealkylation sites (tertiary alicyclic amines) is 1. The molecule has 1 saturated heterocycles. The number of benzene rings is 2. The van der Waals surface area contributed by atoms with Crippen molar-refractivity contribution in [1.29, 1.82) is 0 Å². The maximum absolute atomic E-state index is 12.9. The molecule has 5 heteroatoms. The summed E-state index contributed by atoms with van der Waals surface area (Å²) in [6, 6.07) is 15.8. The molecule has 3 aromatic rings. The third-order valence-electron chi connectivity index (χ3n) is 5.44. The van der Waals surface area contributed by atoms with E-state index < -0.39 is 0 Å². The molecule has 28 heavy (non-hydrogen) atoms. The van der Waals surface area contributed by atoms with E-state index in [0.29, 0.717) is 6.42 Å². The number of hydrogen-bond acceptors (Lipinski definition) is 3. The van der Waals surface area contributed by atoms with Gasteiger partial charge in [-0.1, -0.05) is 42.0 Å². The first-order valence-corrected chi connectivity index (χ1v) is 9.52. The lowest BCUT2D eigenvalue weighted by Gasteiger charge is -2.24. The smallest absolute Gasteiger partial charge is 0.233 e. The van der Waals surface area contributed by atoms with E-state index in [0.717, 1.165) is 16.8 Å². The van der Waals surface area contributed by atoms with E-state index in [4.69, 9.17) is 0 Å². The predicted molar refractivity (Wildman–Crippen MR) is 107 cm³/mol. The van der Waals surface area contributed by atoms with Crippen molar-refractivity contribution in [2.45, 2.75) is 32.7 Å². The van der Waals surface area contributed by atoms with Crippen LogP contribution in [0, 0.1) is 12.8 Å². The van der Waals surface area contributed by atoms with E-state index in [-0.39, 0.29) is 30.2 Å². The van der Waals surface area contributed by atoms with Gasteiger partial charge in [0.25, 0.3) is 0 Å². The van der Waals surface area contributed by atoms with Gasteiger partial charge < -0.3 is 4.57 Å². The summed E-state index contributed by atoms with van der Waals surface area (Å²) in [7, 11) is 0. The molecule has 0 aliphatic carbocycles. The second-order valence-electron chi connectivity index (χ2n) is 7.43. The molecule has 1 aliphatic rings. The van der Waals surface area contributed by atoms with Gasteiger partial charge in [-0.25, -0.2) is 4.98 Å². The standard InChI is InChI=1S/C23H23N3O2/c1-16-3-5-18(6-4-16)13-20-14-22(27)26(23(20)28)17(2)19-7-9-21(10-8-19)25-12-11-24-15-25/h3-12,15,17,20H,13-14H2,1-2H3/t17-,20+/m1/s1. The van der Waals surface area contributed by atoms with Gasteiger partial charge in [-0.05, 0) is 43.5 Å². The molecule has 0 saturated carbocycles. The predicted octanol–water partition coefficient (Wildman–Crippen LogP) is 3.86. The summed E-state index contributed by atoms with van der Waals surface area (Å²) < 4.78 is 1.91. The van der Waals surface area contributed by atoms with Crippen LogP contribution in [0.1, 0.15) is 36.1 Å². The third-order valence-corrected chi connectivity index (χ3v) is 5.44. The van der Waals surface area contributed by atoms with Crippen LogP contribution in [0.4, 0.5) is 0 Å². The van der Waals surface area contributed by atoms with Crippen molar-refractivity contribution in [3.05, 3.63) is 83.9 Å². The molecule has 0 radical (unpaired) electrons. The number of imidazole rings is 1. The highest BCUT2D eigenvalue weighted by molar-refractivity contribution is 6.04. The fraction of sp³-hybridized carbons (Fsp3) is 0.261. The fourth-order valence-corrected chi connectivity index (χ4v) is 3.78. The topological polar surface area (TPSA) is 55.2 Å². The monoisotopic (exact) mass is 373 g/mol. The molecule has 1 fully saturated rings. The molecular formula is C23H23N3O2. The molecule has 2 aromatic carbocycles. The van der Waals surface area contributed by atoms with Crippen molar-refractivity contribution in [2.24, 2.45) is 5.92 Å². The van der Waals surface area contributed by atoms with Gasteiger partial charge in [0.2, 0.25) is 11.8 Å². The SMILES string of the molecule is Cc1ccc(C[C@H]2CC(=O)N([C@H](C)c3ccc(-n4ccnc4)cc3)C2=O)cc1. The first-order chi connectivity index (χ1) is 13.5. The van der Waals surface area contributed by atoms with Crippen molar-refractivity contribution in [1.82, 2.24) is 14.5 Å². The van der Waals surface area contributed by atoms with Gasteiger partial charge >= 0.3 is 0 Å². The zero-order valence-electron chi connectivity index (χ0n) is 16.1. The van der Waals surface area contributed by atoms with Gasteiger partial charge in [0.05, 0.1) is 18.3 Å². The van der Waals surface area contributed by atoms with Gasteiger partial charge in [-0.15, -0.1) is 0 Å². The minimum atomic E-state index is -0.278. The minimum absolute atomic E-state index is 0.0724. The molecule has 0 unspecified atom stereocenters. The molecule has 4 rings (SSSR count). The van der Waals surface area contributed by atoms with E-state index in [1.165, 1.54) is 10.5 Å². The normalized spacial score (nSPS) is 17.9. The van der Waals surface area contributed by atoms with Crippen LogP contribution < -0.4 is 0 Å². The Hall–Kier alpha value is -3.21. The number of carbonyl (C=O) groups is 2. The van der Waals surface area contributed by atoms with E-state index in [1.807, 2.05) is 73.1 Å². The highest BCUT2D eigenvalue weighted by Crippen LogP contribution is 2.31. The summed E-state index contributed by atoms with van der Waals surface area (Å²) in [6.07, 6.45) is 6.23. The number of imide groups is 1. The van der Waals surface area contributed by atoms with Crippen LogP contribution in [-0.4, -0.2) is 26.3 Å². The number of aryl methyl sites for hydroxylation is 1. The number of aromatic nitrogens is 2. The quantitative estimate of drug-likeness (QED) is 0.638. The highest BCUT2D eigenvalue weighted by atomic mass is 16.2. The third kappa shape index (κ3) is 3.48. The largest absolute Gasteiger partial charge is 0.306 e. The van der Waals surface area contributed by atoms with Gasteiger partial charge in [0.15, 0.2) is 0 Å². The second kappa shape index (κ2) is 7.43. The van der Waals surface area contributed by atoms with E-state index >= 15 is 0 Å². The van der Waals surface area contributed by atoms with Crippen LogP contribution in [0.25, 0.3) is 5.69 Å². The maximum Gasteiger partial charge on any atom is 0.233 e. The Morgan fingerprint density at radius 3 is 2.43 bits per heavy atom. The molecule has 1 aliphatic heterocycles. The zero-order chi connectivity index (χ0) is 19.7. The molecule has 0 bridgehead atoms. The molecule has 2 atom stereocenters. The maximum atomic E-state index is 12.9. The van der Waals surface area contributed by atoms with Crippen LogP contribution in [0.3, 0.4) is 0 Å². The number of nitrogens with zero attached hydrogens (tertiary/aromatic N) is 3. The summed E-state index contributed by atoms with van der Waals surface area (Å²) >= 11 is 0. The van der Waals surface area contributed by atoms with Crippen LogP contribution in [-0.2, 0) is 16.0 Å². The molecule has 0 N–H and O–H groups in total. The molecular weight excluding hydrogens is 350 g/mol. The average molecular weight is 373 g/mol. The summed E-state index contributed by atoms with van der Waals surface area (Å²) in [5.74, 6) is -0.437. The van der Waals surface area contributed by atoms with Crippen LogP contribution in [0.15, 0.2) is 67.3 Å². The zero-order valence-corrected chi connectivity index (χ0v) is 16.1. The summed E-state index contributed by atoms with van der Waals surface area (Å²) in [6.45, 7) is 3.95. The van der Waals surface area contributed by atoms with Gasteiger partial charge in [0, 0.05) is 24.5 Å². The van der Waals surface area contributed by atoms with E-state index in [2.05, 4.69) is 4.98 Å². The number of amides is 2. The summed E-state index contributed by atoms with van der Waals surface area (Å²) in [5, 5.41) is 0. The molecule has 0 spiro atoms. The van der Waals surface area contributed by atoms with Crippen LogP contribution in [0.2, 0.25) is 0 Å². The number of hydrogen-bond donors (Lipinski definition) is 0. The van der Waals surface area contributed by atoms with Gasteiger partial charge in [-0.2, -0.15) is 0 Å². The van der Waals surface area contributed by atoms with Crippen LogP contribution >= 0.6 is 0 Å². The second-order valence-corrected chi connectivity index (χ2v) is 7.43. The first kappa shape index (κ1) is 18.2. The fourth-order valence-electron chi connectivity index (χ4n) is 3.78. The molecule has 142 valence electrons. The van der Waals surface area contributed by atoms with E-state index in [9.17, 15) is 9.59 Å². The highest BCUT2D eigenvalue weighted by Gasteiger charge is 2.41. The van der Waals surface area contributed by atoms with Crippen molar-refractivity contribution < 1.29 is 9.59 Å². The van der Waals surface area contributed by atoms with Crippen molar-refractivity contribution in [3.8, 4) is 5.69 Å². The molecule has 2 amide bonds.